The van der Waals surface area contributed by atoms with Crippen LogP contribution >= 0.6 is 0 Å². The van der Waals surface area contributed by atoms with Crippen molar-refractivity contribution in [2.24, 2.45) is 0 Å². The minimum Gasteiger partial charge on any atom is -0.422 e. The molecule has 4 aliphatic heterocycles. The first-order valence-electron chi connectivity index (χ1n) is 20.0. The molecule has 10 heteroatoms. The van der Waals surface area contributed by atoms with Crippen molar-refractivity contribution in [2.75, 3.05) is 36.0 Å². The predicted octanol–water partition coefficient (Wildman–Crippen LogP) is 8.82. The highest BCUT2D eigenvalue weighted by atomic mass is 16.4. The Balaban J connectivity index is 0.991. The van der Waals surface area contributed by atoms with Gasteiger partial charge in [0.15, 0.2) is 0 Å². The third kappa shape index (κ3) is 5.13. The van der Waals surface area contributed by atoms with Gasteiger partial charge in [0, 0.05) is 59.5 Å². The quantitative estimate of drug-likeness (QED) is 0.163. The molecular formula is C46H48N6O4. The fourth-order valence-electron chi connectivity index (χ4n) is 9.86. The number of rotatable bonds is 3. The van der Waals surface area contributed by atoms with Crippen LogP contribution in [0.25, 0.3) is 55.8 Å². The molecule has 0 amide bonds. The van der Waals surface area contributed by atoms with Crippen molar-refractivity contribution in [1.29, 1.82) is 0 Å². The second-order valence-electron chi connectivity index (χ2n) is 19.1. The van der Waals surface area contributed by atoms with E-state index in [1.54, 1.807) is 24.8 Å². The molecule has 4 aromatic heterocycles. The molecule has 0 spiro atoms. The van der Waals surface area contributed by atoms with Crippen molar-refractivity contribution in [1.82, 2.24) is 19.9 Å². The zero-order valence-corrected chi connectivity index (χ0v) is 33.6. The van der Waals surface area contributed by atoms with E-state index in [4.69, 9.17) is 8.83 Å². The Morgan fingerprint density at radius 2 is 0.821 bits per heavy atom. The fourth-order valence-corrected chi connectivity index (χ4v) is 9.86. The maximum Gasteiger partial charge on any atom is 0.345 e. The van der Waals surface area contributed by atoms with Crippen LogP contribution in [0.15, 0.2) is 67.5 Å². The van der Waals surface area contributed by atoms with Crippen molar-refractivity contribution in [3.05, 3.63) is 92.1 Å². The first-order valence-corrected chi connectivity index (χ1v) is 20.0. The van der Waals surface area contributed by atoms with Gasteiger partial charge in [0.2, 0.25) is 0 Å². The van der Waals surface area contributed by atoms with E-state index in [-0.39, 0.29) is 21.7 Å². The summed E-state index contributed by atoms with van der Waals surface area (Å²) in [6, 6.07) is 8.24. The van der Waals surface area contributed by atoms with Crippen molar-refractivity contribution in [2.45, 2.75) is 103 Å². The number of nitrogens with zero attached hydrogens (tertiary/aromatic N) is 6. The van der Waals surface area contributed by atoms with Crippen molar-refractivity contribution in [3.8, 4) is 33.9 Å². The molecule has 286 valence electrons. The van der Waals surface area contributed by atoms with E-state index in [9.17, 15) is 9.59 Å². The van der Waals surface area contributed by atoms with Gasteiger partial charge in [0.1, 0.15) is 22.6 Å². The van der Waals surface area contributed by atoms with Gasteiger partial charge in [-0.25, -0.2) is 9.59 Å². The van der Waals surface area contributed by atoms with Gasteiger partial charge in [-0.3, -0.25) is 19.9 Å². The molecule has 4 aliphatic rings. The maximum absolute atomic E-state index is 13.6. The maximum atomic E-state index is 13.6. The Hall–Kier alpha value is -5.38. The summed E-state index contributed by atoms with van der Waals surface area (Å²) in [6.45, 7) is 22.2. The summed E-state index contributed by atoms with van der Waals surface area (Å²) in [7, 11) is 0. The highest BCUT2D eigenvalue weighted by Gasteiger charge is 2.43. The van der Waals surface area contributed by atoms with Crippen LogP contribution in [0.2, 0.25) is 0 Å². The molecule has 10 nitrogen and oxygen atoms in total. The van der Waals surface area contributed by atoms with Gasteiger partial charge >= 0.3 is 11.3 Å². The van der Waals surface area contributed by atoms with Gasteiger partial charge in [-0.1, -0.05) is 55.4 Å². The van der Waals surface area contributed by atoms with E-state index in [1.807, 2.05) is 12.1 Å². The van der Waals surface area contributed by atoms with Gasteiger partial charge in [0.05, 0.1) is 47.3 Å². The highest BCUT2D eigenvalue weighted by Crippen LogP contribution is 2.53. The fraction of sp³-hybridized carbons (Fsp3) is 0.435. The van der Waals surface area contributed by atoms with Crippen LogP contribution in [0.1, 0.15) is 103 Å². The molecule has 0 atom stereocenters. The lowest BCUT2D eigenvalue weighted by Gasteiger charge is -2.48. The Labute approximate surface area is 326 Å². The number of anilines is 2. The lowest BCUT2D eigenvalue weighted by atomic mass is 9.69. The molecule has 56 heavy (non-hydrogen) atoms. The molecule has 0 unspecified atom stereocenters. The topological polar surface area (TPSA) is 118 Å². The minimum absolute atomic E-state index is 0.000795. The van der Waals surface area contributed by atoms with Crippen LogP contribution in [0.5, 0.6) is 0 Å². The van der Waals surface area contributed by atoms with Gasteiger partial charge in [0.25, 0.3) is 0 Å². The monoisotopic (exact) mass is 748 g/mol. The summed E-state index contributed by atoms with van der Waals surface area (Å²) < 4.78 is 12.4. The predicted molar refractivity (Wildman–Crippen MR) is 221 cm³/mol. The largest absolute Gasteiger partial charge is 0.422 e. The van der Waals surface area contributed by atoms with E-state index < -0.39 is 11.3 Å². The molecule has 0 saturated carbocycles. The molecular weight excluding hydrogens is 701 g/mol. The first kappa shape index (κ1) is 35.1. The molecule has 10 rings (SSSR count). The lowest BCUT2D eigenvalue weighted by molar-refractivity contribution is 0.398. The zero-order valence-electron chi connectivity index (χ0n) is 33.6. The first-order chi connectivity index (χ1) is 26.5. The number of fused-ring (bicyclic) bond motifs is 4. The van der Waals surface area contributed by atoms with E-state index in [2.05, 4.69) is 97.3 Å². The van der Waals surface area contributed by atoms with E-state index >= 15 is 0 Å². The summed E-state index contributed by atoms with van der Waals surface area (Å²) in [4.78, 5) is 50.8. The summed E-state index contributed by atoms with van der Waals surface area (Å²) in [5.41, 5.74) is 10.1. The molecule has 0 saturated heterocycles. The Morgan fingerprint density at radius 1 is 0.482 bits per heavy atom. The molecule has 0 N–H and O–H groups in total. The van der Waals surface area contributed by atoms with Crippen LogP contribution in [-0.4, -0.2) is 46.1 Å². The lowest BCUT2D eigenvalue weighted by Crippen LogP contribution is -2.44. The Morgan fingerprint density at radius 3 is 1.18 bits per heavy atom. The number of benzene rings is 2. The summed E-state index contributed by atoms with van der Waals surface area (Å²) in [5.74, 6) is 0. The van der Waals surface area contributed by atoms with Crippen LogP contribution < -0.4 is 21.1 Å². The van der Waals surface area contributed by atoms with Gasteiger partial charge in [-0.05, 0) is 82.7 Å². The normalized spacial score (nSPS) is 19.9. The molecule has 6 aromatic rings. The third-order valence-corrected chi connectivity index (χ3v) is 13.6. The SMILES string of the molecule is CC1(C)CCN2CCC(C)(C)c3c2c1cc1cc(-c2cnc(-c4cnc(-c5cc6cc7c8c(c6oc5=O)C(C)(C)CCN8CCC7(C)C)cn4)cn2)c(=O)oc31. The van der Waals surface area contributed by atoms with Crippen molar-refractivity contribution >= 4 is 33.3 Å². The second-order valence-corrected chi connectivity index (χ2v) is 19.1. The molecule has 0 aliphatic carbocycles. The van der Waals surface area contributed by atoms with Gasteiger partial charge in [-0.2, -0.15) is 0 Å². The van der Waals surface area contributed by atoms with Crippen molar-refractivity contribution in [3.63, 3.8) is 0 Å². The average Bonchev–Trinajstić information content (AvgIpc) is 3.15. The van der Waals surface area contributed by atoms with Gasteiger partial charge in [-0.15, -0.1) is 0 Å². The van der Waals surface area contributed by atoms with Gasteiger partial charge < -0.3 is 18.6 Å². The minimum atomic E-state index is -0.439. The third-order valence-electron chi connectivity index (χ3n) is 13.6. The zero-order chi connectivity index (χ0) is 39.1. The average molecular weight is 749 g/mol. The van der Waals surface area contributed by atoms with Crippen LogP contribution in [0.3, 0.4) is 0 Å². The molecule has 0 radical (unpaired) electrons. The number of hydrogen-bond donors (Lipinski definition) is 0. The summed E-state index contributed by atoms with van der Waals surface area (Å²) >= 11 is 0. The van der Waals surface area contributed by atoms with Crippen LogP contribution in [-0.2, 0) is 21.7 Å². The summed E-state index contributed by atoms with van der Waals surface area (Å²) in [6.07, 6.45) is 10.5. The standard InChI is InChI=1S/C46H48N6O4/c1-43(2)9-13-51-15-11-45(5,6)35-37(51)29(43)19-25-17-27(41(53)55-39(25)35)31-21-49-33(23-47-31)34-24-48-32(22-50-34)28-18-26-20-30-38-36(40(26)56-42(28)54)46(7,8)12-16-52(38)14-10-44(30,3)4/h17-24H,9-16H2,1-8H3. The number of hydrogen-bond acceptors (Lipinski definition) is 10. The second kappa shape index (κ2) is 11.6. The Bertz CT molecular complexity index is 2570. The van der Waals surface area contributed by atoms with Crippen LogP contribution in [0.4, 0.5) is 11.4 Å². The number of aromatic nitrogens is 4. The van der Waals surface area contributed by atoms with E-state index in [0.29, 0.717) is 45.1 Å². The molecule has 8 heterocycles. The molecule has 2 aromatic carbocycles. The highest BCUT2D eigenvalue weighted by molar-refractivity contribution is 5.93. The van der Waals surface area contributed by atoms with E-state index in [0.717, 1.165) is 73.8 Å². The van der Waals surface area contributed by atoms with E-state index in [1.165, 1.54) is 22.5 Å². The Kier molecular flexibility index (Phi) is 7.25. The molecule has 0 fully saturated rings. The smallest absolute Gasteiger partial charge is 0.345 e. The van der Waals surface area contributed by atoms with Crippen molar-refractivity contribution < 1.29 is 8.83 Å². The molecule has 0 bridgehead atoms. The van der Waals surface area contributed by atoms with Crippen LogP contribution in [0, 0.1) is 0 Å². The summed E-state index contributed by atoms with van der Waals surface area (Å²) in [5, 5.41) is 1.80.